The highest BCUT2D eigenvalue weighted by Gasteiger charge is 2.19. The third-order valence-electron chi connectivity index (χ3n) is 9.51. The second-order valence-corrected chi connectivity index (χ2v) is 13.4. The zero-order valence-corrected chi connectivity index (χ0v) is 31.3. The molecule has 0 aliphatic carbocycles. The van der Waals surface area contributed by atoms with Gasteiger partial charge in [-0.3, -0.25) is 9.69 Å². The second-order valence-electron chi connectivity index (χ2n) is 13.4. The highest BCUT2D eigenvalue weighted by atomic mass is 35.5. The Bertz CT molecular complexity index is 1260. The van der Waals surface area contributed by atoms with E-state index >= 15 is 0 Å². The topological polar surface area (TPSA) is 37.7 Å². The number of nitrogens with zero attached hydrogens (tertiary/aromatic N) is 3. The van der Waals surface area contributed by atoms with Gasteiger partial charge in [-0.05, 0) is 24.1 Å². The summed E-state index contributed by atoms with van der Waals surface area (Å²) in [6, 6.07) is 23.0. The number of unbranched alkanes of at least 4 members (excludes halogenated alkanes) is 15. The molecule has 48 heavy (non-hydrogen) atoms. The lowest BCUT2D eigenvalue weighted by atomic mass is 10.0. The van der Waals surface area contributed by atoms with E-state index in [4.69, 9.17) is 4.74 Å². The number of hydrogen-bond acceptors (Lipinski definition) is 4. The minimum atomic E-state index is -0.00118. The fraction of sp³-hybridized carbons (Fsp3) is 0.585. The Morgan fingerprint density at radius 3 is 1.65 bits per heavy atom. The lowest BCUT2D eigenvalue weighted by Crippen LogP contribution is -2.46. The Hall–Kier alpha value is -2.47. The van der Waals surface area contributed by atoms with Crippen LogP contribution in [0.25, 0.3) is 0 Å². The van der Waals surface area contributed by atoms with Crippen LogP contribution in [0.15, 0.2) is 77.7 Å². The Labute approximate surface area is 304 Å². The summed E-state index contributed by atoms with van der Waals surface area (Å²) in [6.07, 6.45) is 23.6. The van der Waals surface area contributed by atoms with E-state index in [9.17, 15) is 4.79 Å². The van der Waals surface area contributed by atoms with Crippen molar-refractivity contribution in [2.75, 3.05) is 37.7 Å². The van der Waals surface area contributed by atoms with Crippen LogP contribution in [0.3, 0.4) is 0 Å². The van der Waals surface area contributed by atoms with Crippen LogP contribution in [0.5, 0.6) is 5.75 Å². The van der Waals surface area contributed by atoms with E-state index in [2.05, 4.69) is 82.0 Å². The van der Waals surface area contributed by atoms with Gasteiger partial charge in [0, 0.05) is 56.7 Å². The summed E-state index contributed by atoms with van der Waals surface area (Å²) in [5.41, 5.74) is 3.56. The Balaban J connectivity index is 0.00000400. The van der Waals surface area contributed by atoms with Gasteiger partial charge in [-0.25, -0.2) is 0 Å². The number of halogens is 2. The van der Waals surface area contributed by atoms with Crippen molar-refractivity contribution >= 4 is 30.5 Å². The van der Waals surface area contributed by atoms with Crippen LogP contribution in [0.1, 0.15) is 121 Å². The van der Waals surface area contributed by atoms with E-state index in [1.165, 1.54) is 108 Å². The zero-order chi connectivity index (χ0) is 32.1. The van der Waals surface area contributed by atoms with Crippen molar-refractivity contribution in [3.8, 4) is 5.75 Å². The highest BCUT2D eigenvalue weighted by Crippen LogP contribution is 2.19. The average Bonchev–Trinajstić information content (AvgIpc) is 3.09. The number of anilines is 1. The molecule has 0 spiro atoms. The lowest BCUT2D eigenvalue weighted by Gasteiger charge is -2.36. The molecule has 0 atom stereocenters. The summed E-state index contributed by atoms with van der Waals surface area (Å²) in [4.78, 5) is 18.1. The fourth-order valence-corrected chi connectivity index (χ4v) is 6.63. The molecular formula is C41H63Cl2N3O2. The van der Waals surface area contributed by atoms with E-state index < -0.39 is 0 Å². The molecule has 0 amide bonds. The molecule has 1 aliphatic rings. The molecule has 1 aliphatic heterocycles. The van der Waals surface area contributed by atoms with Crippen LogP contribution in [0.4, 0.5) is 5.69 Å². The van der Waals surface area contributed by atoms with Crippen molar-refractivity contribution in [3.63, 3.8) is 0 Å². The third-order valence-corrected chi connectivity index (χ3v) is 9.51. The quantitative estimate of drug-likeness (QED) is 0.0923. The second kappa shape index (κ2) is 25.5. The molecule has 3 aromatic rings. The first-order chi connectivity index (χ1) is 22.7. The number of aromatic nitrogens is 1. The molecule has 0 N–H and O–H groups in total. The molecule has 0 saturated carbocycles. The highest BCUT2D eigenvalue weighted by molar-refractivity contribution is 5.85. The van der Waals surface area contributed by atoms with Crippen LogP contribution < -0.4 is 15.1 Å². The number of benzene rings is 2. The van der Waals surface area contributed by atoms with E-state index in [0.717, 1.165) is 51.4 Å². The number of para-hydroxylation sites is 1. The number of hydrogen-bond donors (Lipinski definition) is 0. The molecule has 0 bridgehead atoms. The molecule has 7 heteroatoms. The summed E-state index contributed by atoms with van der Waals surface area (Å²) in [5, 5.41) is 0. The molecule has 0 radical (unpaired) electrons. The molecule has 5 nitrogen and oxygen atoms in total. The Morgan fingerprint density at radius 2 is 1.10 bits per heavy atom. The van der Waals surface area contributed by atoms with E-state index in [-0.39, 0.29) is 30.2 Å². The van der Waals surface area contributed by atoms with Gasteiger partial charge in [0.15, 0.2) is 5.75 Å². The molecule has 1 fully saturated rings. The summed E-state index contributed by atoms with van der Waals surface area (Å²) in [5.74, 6) is 0.481. The maximum absolute atomic E-state index is 13.2. The lowest BCUT2D eigenvalue weighted by molar-refractivity contribution is 0.242. The SMILES string of the molecule is CCCCCCCCCCCCCCCCCCOc1cn(Cc2ccccc2)c(CN2CCN(c3ccccc3)CC2)cc1=O.Cl.Cl. The van der Waals surface area contributed by atoms with Crippen molar-refractivity contribution in [1.82, 2.24) is 9.47 Å². The molecule has 4 rings (SSSR count). The zero-order valence-electron chi connectivity index (χ0n) is 29.7. The summed E-state index contributed by atoms with van der Waals surface area (Å²) in [6.45, 7) is 8.34. The van der Waals surface area contributed by atoms with E-state index in [1.54, 1.807) is 0 Å². The van der Waals surface area contributed by atoms with Gasteiger partial charge in [0.1, 0.15) is 0 Å². The normalized spacial score (nSPS) is 13.1. The number of pyridine rings is 1. The third kappa shape index (κ3) is 15.8. The van der Waals surface area contributed by atoms with Crippen molar-refractivity contribution in [2.45, 2.75) is 123 Å². The first-order valence-corrected chi connectivity index (χ1v) is 18.7. The summed E-state index contributed by atoms with van der Waals surface area (Å²) < 4.78 is 8.31. The fourth-order valence-electron chi connectivity index (χ4n) is 6.63. The Kier molecular flexibility index (Phi) is 22.1. The monoisotopic (exact) mass is 699 g/mol. The van der Waals surface area contributed by atoms with Crippen molar-refractivity contribution in [1.29, 1.82) is 0 Å². The smallest absolute Gasteiger partial charge is 0.223 e. The van der Waals surface area contributed by atoms with E-state index in [1.807, 2.05) is 12.3 Å². The van der Waals surface area contributed by atoms with Gasteiger partial charge in [0.05, 0.1) is 12.8 Å². The Morgan fingerprint density at radius 1 is 0.604 bits per heavy atom. The van der Waals surface area contributed by atoms with Crippen LogP contribution in [-0.2, 0) is 13.1 Å². The molecule has 2 heterocycles. The average molecular weight is 701 g/mol. The van der Waals surface area contributed by atoms with Crippen molar-refractivity contribution < 1.29 is 4.74 Å². The van der Waals surface area contributed by atoms with Gasteiger partial charge in [-0.2, -0.15) is 0 Å². The molecule has 2 aromatic carbocycles. The van der Waals surface area contributed by atoms with Crippen LogP contribution in [0, 0.1) is 0 Å². The number of ether oxygens (including phenoxy) is 1. The summed E-state index contributed by atoms with van der Waals surface area (Å²) >= 11 is 0. The summed E-state index contributed by atoms with van der Waals surface area (Å²) in [7, 11) is 0. The number of rotatable bonds is 23. The maximum Gasteiger partial charge on any atom is 0.223 e. The van der Waals surface area contributed by atoms with Crippen LogP contribution in [0.2, 0.25) is 0 Å². The molecule has 268 valence electrons. The van der Waals surface area contributed by atoms with Gasteiger partial charge in [0.25, 0.3) is 0 Å². The van der Waals surface area contributed by atoms with Crippen molar-refractivity contribution in [3.05, 3.63) is 94.4 Å². The molecule has 1 saturated heterocycles. The van der Waals surface area contributed by atoms with Gasteiger partial charge in [0.2, 0.25) is 5.43 Å². The van der Waals surface area contributed by atoms with E-state index in [0.29, 0.717) is 12.4 Å². The van der Waals surface area contributed by atoms with Gasteiger partial charge in [-0.15, -0.1) is 24.8 Å². The largest absolute Gasteiger partial charge is 0.488 e. The minimum Gasteiger partial charge on any atom is -0.488 e. The van der Waals surface area contributed by atoms with Gasteiger partial charge < -0.3 is 14.2 Å². The molecular weight excluding hydrogens is 637 g/mol. The van der Waals surface area contributed by atoms with Crippen LogP contribution in [-0.4, -0.2) is 42.3 Å². The van der Waals surface area contributed by atoms with Crippen molar-refractivity contribution in [2.24, 2.45) is 0 Å². The predicted molar refractivity (Wildman–Crippen MR) is 210 cm³/mol. The molecule has 0 unspecified atom stereocenters. The number of piperazine rings is 1. The maximum atomic E-state index is 13.2. The first kappa shape index (κ1) is 41.7. The first-order valence-electron chi connectivity index (χ1n) is 18.7. The van der Waals surface area contributed by atoms with Gasteiger partial charge >= 0.3 is 0 Å². The minimum absolute atomic E-state index is 0. The molecule has 1 aromatic heterocycles. The standard InChI is InChI=1S/C41H61N3O2.2ClH/c1-2-3-4-5-6-7-8-9-10-11-12-13-14-15-16-23-32-46-41-36-44(34-37-24-19-17-20-25-37)39(33-40(41)45)35-42-28-30-43(31-29-42)38-26-21-18-22-27-38;;/h17-22,24-27,33,36H,2-16,23,28-32,34-35H2,1H3;2*1H. The van der Waals surface area contributed by atoms with Gasteiger partial charge in [-0.1, -0.05) is 152 Å². The van der Waals surface area contributed by atoms with Crippen LogP contribution >= 0.6 is 24.8 Å². The predicted octanol–water partition coefficient (Wildman–Crippen LogP) is 10.7.